The predicted molar refractivity (Wildman–Crippen MR) is 102 cm³/mol. The maximum Gasteiger partial charge on any atom is 0.231 e. The lowest BCUT2D eigenvalue weighted by Gasteiger charge is -2.32. The molecule has 2 aliphatic rings. The van der Waals surface area contributed by atoms with E-state index in [0.717, 1.165) is 41.5 Å². The molecule has 2 aliphatic heterocycles. The van der Waals surface area contributed by atoms with Crippen molar-refractivity contribution in [2.24, 2.45) is 0 Å². The number of nitrogens with zero attached hydrogens (tertiary/aromatic N) is 4. The topological polar surface area (TPSA) is 85.0 Å². The van der Waals surface area contributed by atoms with Crippen molar-refractivity contribution in [2.75, 3.05) is 34.6 Å². The zero-order chi connectivity index (χ0) is 20.0. The SMILES string of the molecule is COc1ccc(-n2nnnc2[C@H]2c3c(cc4c(c3OC)OCO4)CC[NH+]2C)cc1. The molecule has 0 saturated carbocycles. The molecule has 29 heavy (non-hydrogen) atoms. The third-order valence-corrected chi connectivity index (χ3v) is 5.59. The molecule has 9 heteroatoms. The number of likely N-dealkylation sites (N-methyl/N-ethyl adjacent to an activating group) is 1. The van der Waals surface area contributed by atoms with Crippen LogP contribution in [0.15, 0.2) is 30.3 Å². The van der Waals surface area contributed by atoms with Gasteiger partial charge in [0.05, 0.1) is 39.1 Å². The molecular weight excluding hydrogens is 374 g/mol. The first-order valence-electron chi connectivity index (χ1n) is 9.45. The standard InChI is InChI=1S/C20H21N5O4/c1-24-9-8-12-10-15-18(29-11-28-15)19(27-3)16(12)17(24)20-21-22-23-25(20)13-4-6-14(26-2)7-5-13/h4-7,10,17H,8-9,11H2,1-3H3/p+1/t17-/m1/s1. The Balaban J connectivity index is 1.66. The van der Waals surface area contributed by atoms with Crippen molar-refractivity contribution in [3.63, 3.8) is 0 Å². The van der Waals surface area contributed by atoms with E-state index in [9.17, 15) is 0 Å². The van der Waals surface area contributed by atoms with Crippen LogP contribution >= 0.6 is 0 Å². The van der Waals surface area contributed by atoms with E-state index < -0.39 is 0 Å². The number of aromatic nitrogens is 4. The van der Waals surface area contributed by atoms with Crippen molar-refractivity contribution in [3.05, 3.63) is 47.3 Å². The number of hydrogen-bond acceptors (Lipinski definition) is 7. The van der Waals surface area contributed by atoms with Crippen molar-refractivity contribution in [1.29, 1.82) is 0 Å². The van der Waals surface area contributed by atoms with Gasteiger partial charge in [0.15, 0.2) is 17.5 Å². The molecule has 2 atom stereocenters. The van der Waals surface area contributed by atoms with Gasteiger partial charge in [0.25, 0.3) is 0 Å². The fourth-order valence-electron chi connectivity index (χ4n) is 4.16. The van der Waals surface area contributed by atoms with Crippen LogP contribution in [0.5, 0.6) is 23.0 Å². The first-order valence-corrected chi connectivity index (χ1v) is 9.45. The first kappa shape index (κ1) is 17.7. The summed E-state index contributed by atoms with van der Waals surface area (Å²) < 4.78 is 24.1. The number of hydrogen-bond donors (Lipinski definition) is 1. The number of benzene rings is 2. The summed E-state index contributed by atoms with van der Waals surface area (Å²) in [6.07, 6.45) is 0.911. The highest BCUT2D eigenvalue weighted by Gasteiger charge is 2.40. The van der Waals surface area contributed by atoms with Gasteiger partial charge in [0.1, 0.15) is 5.75 Å². The molecule has 5 rings (SSSR count). The number of methoxy groups -OCH3 is 2. The lowest BCUT2D eigenvalue weighted by atomic mass is 9.90. The molecule has 0 bridgehead atoms. The third kappa shape index (κ3) is 2.77. The van der Waals surface area contributed by atoms with Crippen LogP contribution in [0.4, 0.5) is 0 Å². The number of quaternary nitrogens is 1. The largest absolute Gasteiger partial charge is 0.497 e. The molecule has 0 aliphatic carbocycles. The Hall–Kier alpha value is -3.33. The summed E-state index contributed by atoms with van der Waals surface area (Å²) in [5.74, 6) is 3.60. The molecule has 150 valence electrons. The Kier molecular flexibility index (Phi) is 4.24. The fraction of sp³-hybridized carbons (Fsp3) is 0.350. The van der Waals surface area contributed by atoms with Gasteiger partial charge in [-0.2, -0.15) is 4.68 Å². The summed E-state index contributed by atoms with van der Waals surface area (Å²) in [7, 11) is 5.45. The number of tetrazole rings is 1. The smallest absolute Gasteiger partial charge is 0.231 e. The summed E-state index contributed by atoms with van der Waals surface area (Å²) in [5, 5.41) is 12.6. The Bertz CT molecular complexity index is 1050. The van der Waals surface area contributed by atoms with Crippen LogP contribution in [0.2, 0.25) is 0 Å². The average molecular weight is 396 g/mol. The van der Waals surface area contributed by atoms with Crippen LogP contribution < -0.4 is 23.8 Å². The Labute approximate surface area is 167 Å². The normalized spacial score (nSPS) is 19.7. The second-order valence-corrected chi connectivity index (χ2v) is 7.14. The van der Waals surface area contributed by atoms with E-state index in [1.165, 1.54) is 10.5 Å². The van der Waals surface area contributed by atoms with E-state index in [1.807, 2.05) is 24.3 Å². The summed E-state index contributed by atoms with van der Waals surface area (Å²) in [6.45, 7) is 1.14. The molecule has 3 heterocycles. The summed E-state index contributed by atoms with van der Waals surface area (Å²) in [6, 6.07) is 9.61. The second kappa shape index (κ2) is 6.93. The monoisotopic (exact) mass is 396 g/mol. The van der Waals surface area contributed by atoms with E-state index in [4.69, 9.17) is 18.9 Å². The Morgan fingerprint density at radius 2 is 1.97 bits per heavy atom. The maximum absolute atomic E-state index is 5.80. The number of rotatable bonds is 4. The highest BCUT2D eigenvalue weighted by atomic mass is 16.7. The minimum atomic E-state index is -0.111. The molecule has 1 aromatic heterocycles. The molecule has 2 aromatic carbocycles. The van der Waals surface area contributed by atoms with Crippen LogP contribution in [0, 0.1) is 0 Å². The van der Waals surface area contributed by atoms with Gasteiger partial charge in [-0.25, -0.2) is 0 Å². The first-order chi connectivity index (χ1) is 14.2. The van der Waals surface area contributed by atoms with Crippen molar-refractivity contribution in [3.8, 4) is 28.7 Å². The van der Waals surface area contributed by atoms with E-state index in [0.29, 0.717) is 11.5 Å². The molecule has 3 aromatic rings. The minimum absolute atomic E-state index is 0.111. The second-order valence-electron chi connectivity index (χ2n) is 7.14. The number of ether oxygens (including phenoxy) is 4. The van der Waals surface area contributed by atoms with Gasteiger partial charge in [0, 0.05) is 6.42 Å². The van der Waals surface area contributed by atoms with Crippen molar-refractivity contribution < 1.29 is 23.8 Å². The zero-order valence-electron chi connectivity index (χ0n) is 16.5. The van der Waals surface area contributed by atoms with Crippen LogP contribution in [0.3, 0.4) is 0 Å². The van der Waals surface area contributed by atoms with E-state index in [2.05, 4.69) is 28.6 Å². The molecule has 1 unspecified atom stereocenters. The van der Waals surface area contributed by atoms with Crippen LogP contribution in [0.1, 0.15) is 23.0 Å². The molecule has 0 radical (unpaired) electrons. The lowest BCUT2D eigenvalue weighted by Crippen LogP contribution is -3.10. The van der Waals surface area contributed by atoms with Gasteiger partial charge < -0.3 is 23.8 Å². The average Bonchev–Trinajstić information content (AvgIpc) is 3.42. The van der Waals surface area contributed by atoms with E-state index >= 15 is 0 Å². The van der Waals surface area contributed by atoms with Gasteiger partial charge >= 0.3 is 0 Å². The maximum atomic E-state index is 5.80. The lowest BCUT2D eigenvalue weighted by molar-refractivity contribution is -0.909. The molecule has 1 N–H and O–H groups in total. The Morgan fingerprint density at radius 3 is 2.72 bits per heavy atom. The van der Waals surface area contributed by atoms with Gasteiger partial charge in [-0.05, 0) is 46.3 Å². The van der Waals surface area contributed by atoms with Crippen LogP contribution in [-0.2, 0) is 6.42 Å². The zero-order valence-corrected chi connectivity index (χ0v) is 16.5. The summed E-state index contributed by atoms with van der Waals surface area (Å²) in [5.41, 5.74) is 3.08. The quantitative estimate of drug-likeness (QED) is 0.690. The molecule has 9 nitrogen and oxygen atoms in total. The van der Waals surface area contributed by atoms with Crippen LogP contribution in [-0.4, -0.2) is 54.8 Å². The van der Waals surface area contributed by atoms with E-state index in [-0.39, 0.29) is 12.8 Å². The summed E-state index contributed by atoms with van der Waals surface area (Å²) in [4.78, 5) is 1.28. The molecule has 0 saturated heterocycles. The van der Waals surface area contributed by atoms with Crippen LogP contribution in [0.25, 0.3) is 5.69 Å². The third-order valence-electron chi connectivity index (χ3n) is 5.59. The molecular formula is C20H22N5O4+. The van der Waals surface area contributed by atoms with Crippen molar-refractivity contribution in [1.82, 2.24) is 20.2 Å². The van der Waals surface area contributed by atoms with Gasteiger partial charge in [-0.3, -0.25) is 0 Å². The summed E-state index contributed by atoms with van der Waals surface area (Å²) >= 11 is 0. The highest BCUT2D eigenvalue weighted by Crippen LogP contribution is 2.48. The Morgan fingerprint density at radius 1 is 1.14 bits per heavy atom. The molecule has 0 spiro atoms. The van der Waals surface area contributed by atoms with Gasteiger partial charge in [-0.15, -0.1) is 5.10 Å². The molecule has 0 fully saturated rings. The minimum Gasteiger partial charge on any atom is -0.497 e. The van der Waals surface area contributed by atoms with Crippen molar-refractivity contribution >= 4 is 0 Å². The number of fused-ring (bicyclic) bond motifs is 2. The van der Waals surface area contributed by atoms with Gasteiger partial charge in [-0.1, -0.05) is 0 Å². The highest BCUT2D eigenvalue weighted by molar-refractivity contribution is 5.62. The molecule has 0 amide bonds. The fourth-order valence-corrected chi connectivity index (χ4v) is 4.16. The van der Waals surface area contributed by atoms with Crippen molar-refractivity contribution in [2.45, 2.75) is 12.5 Å². The van der Waals surface area contributed by atoms with Gasteiger partial charge in [0.2, 0.25) is 18.4 Å². The van der Waals surface area contributed by atoms with E-state index in [1.54, 1.807) is 18.9 Å². The number of nitrogens with one attached hydrogen (secondary N) is 1. The predicted octanol–water partition coefficient (Wildman–Crippen LogP) is 0.568.